The first-order valence-corrected chi connectivity index (χ1v) is 5.08. The summed E-state index contributed by atoms with van der Waals surface area (Å²) in [4.78, 5) is 1.50. The molecule has 0 aliphatic rings. The minimum absolute atomic E-state index is 1.02. The molecule has 0 nitrogen and oxygen atoms in total. The molecule has 0 radical (unpaired) electrons. The fourth-order valence-corrected chi connectivity index (χ4v) is 1.84. The molecule has 0 spiro atoms. The van der Waals surface area contributed by atoms with Crippen LogP contribution in [0.4, 0.5) is 0 Å². The van der Waals surface area contributed by atoms with Crippen molar-refractivity contribution in [2.24, 2.45) is 0 Å². The van der Waals surface area contributed by atoms with Gasteiger partial charge in [-0.25, -0.2) is 0 Å². The SMILES string of the molecule is SCCCCc1cccs1. The van der Waals surface area contributed by atoms with Gasteiger partial charge in [0.05, 0.1) is 0 Å². The lowest BCUT2D eigenvalue weighted by molar-refractivity contribution is 0.813. The third-order valence-electron chi connectivity index (χ3n) is 1.41. The molecule has 0 bridgehead atoms. The van der Waals surface area contributed by atoms with E-state index < -0.39 is 0 Å². The molecule has 0 saturated heterocycles. The van der Waals surface area contributed by atoms with Crippen molar-refractivity contribution in [2.75, 3.05) is 5.75 Å². The summed E-state index contributed by atoms with van der Waals surface area (Å²) in [7, 11) is 0. The molecule has 0 fully saturated rings. The van der Waals surface area contributed by atoms with Crippen molar-refractivity contribution < 1.29 is 0 Å². The zero-order chi connectivity index (χ0) is 7.23. The average Bonchev–Trinajstić information content (AvgIpc) is 2.41. The second-order valence-electron chi connectivity index (χ2n) is 2.26. The van der Waals surface area contributed by atoms with Crippen LogP contribution >= 0.6 is 24.0 Å². The number of thiol groups is 1. The van der Waals surface area contributed by atoms with Crippen molar-refractivity contribution in [1.29, 1.82) is 0 Å². The van der Waals surface area contributed by atoms with Crippen molar-refractivity contribution in [3.8, 4) is 0 Å². The number of aryl methyl sites for hydroxylation is 1. The normalized spacial score (nSPS) is 10.1. The standard InChI is InChI=1S/C8H12S2/c9-6-2-1-4-8-5-3-7-10-8/h3,5,7,9H,1-2,4,6H2. The number of unbranched alkanes of at least 4 members (excludes halogenated alkanes) is 1. The summed E-state index contributed by atoms with van der Waals surface area (Å²) < 4.78 is 0. The molecular weight excluding hydrogens is 160 g/mol. The minimum atomic E-state index is 1.02. The molecule has 2 heteroatoms. The summed E-state index contributed by atoms with van der Waals surface area (Å²) in [6.07, 6.45) is 3.75. The van der Waals surface area contributed by atoms with Crippen LogP contribution in [0.1, 0.15) is 17.7 Å². The maximum absolute atomic E-state index is 4.16. The third-order valence-corrected chi connectivity index (χ3v) is 2.66. The van der Waals surface area contributed by atoms with E-state index >= 15 is 0 Å². The highest BCUT2D eigenvalue weighted by molar-refractivity contribution is 7.80. The summed E-state index contributed by atoms with van der Waals surface area (Å²) in [6.45, 7) is 0. The van der Waals surface area contributed by atoms with E-state index in [4.69, 9.17) is 0 Å². The Balaban J connectivity index is 2.15. The molecule has 0 aliphatic heterocycles. The Morgan fingerprint density at radius 2 is 2.30 bits per heavy atom. The Labute approximate surface area is 71.7 Å². The van der Waals surface area contributed by atoms with Crippen molar-refractivity contribution in [1.82, 2.24) is 0 Å². The Morgan fingerprint density at radius 1 is 1.40 bits per heavy atom. The van der Waals surface area contributed by atoms with Gasteiger partial charge in [-0.1, -0.05) is 6.07 Å². The lowest BCUT2D eigenvalue weighted by Crippen LogP contribution is -1.80. The number of hydrogen-bond acceptors (Lipinski definition) is 2. The molecule has 1 aromatic rings. The van der Waals surface area contributed by atoms with Gasteiger partial charge in [0.1, 0.15) is 0 Å². The quantitative estimate of drug-likeness (QED) is 0.524. The molecule has 0 aromatic carbocycles. The van der Waals surface area contributed by atoms with Crippen molar-refractivity contribution in [2.45, 2.75) is 19.3 Å². The first-order chi connectivity index (χ1) is 4.93. The van der Waals surface area contributed by atoms with Crippen LogP contribution in [0.3, 0.4) is 0 Å². The number of hydrogen-bond donors (Lipinski definition) is 1. The summed E-state index contributed by atoms with van der Waals surface area (Å²) in [5.74, 6) is 1.02. The molecule has 1 aromatic heterocycles. The van der Waals surface area contributed by atoms with E-state index in [2.05, 4.69) is 30.1 Å². The van der Waals surface area contributed by atoms with E-state index in [-0.39, 0.29) is 0 Å². The van der Waals surface area contributed by atoms with Crippen molar-refractivity contribution in [3.05, 3.63) is 22.4 Å². The maximum Gasteiger partial charge on any atom is 0.00452 e. The van der Waals surface area contributed by atoms with Crippen LogP contribution in [0.2, 0.25) is 0 Å². The molecule has 1 heterocycles. The molecule has 0 N–H and O–H groups in total. The largest absolute Gasteiger partial charge is 0.179 e. The number of rotatable bonds is 4. The second kappa shape index (κ2) is 4.80. The maximum atomic E-state index is 4.16. The van der Waals surface area contributed by atoms with Gasteiger partial charge in [0.2, 0.25) is 0 Å². The van der Waals surface area contributed by atoms with Crippen LogP contribution in [-0.2, 0) is 6.42 Å². The predicted octanol–water partition coefficient (Wildman–Crippen LogP) is 3.00. The summed E-state index contributed by atoms with van der Waals surface area (Å²) >= 11 is 6.00. The molecule has 0 amide bonds. The summed E-state index contributed by atoms with van der Waals surface area (Å²) in [5, 5.41) is 2.13. The van der Waals surface area contributed by atoms with Crippen LogP contribution in [0, 0.1) is 0 Å². The highest BCUT2D eigenvalue weighted by Gasteiger charge is 1.91. The number of thiophene rings is 1. The van der Waals surface area contributed by atoms with Crippen molar-refractivity contribution >= 4 is 24.0 Å². The van der Waals surface area contributed by atoms with E-state index in [9.17, 15) is 0 Å². The first kappa shape index (κ1) is 8.15. The Bertz CT molecular complexity index is 156. The zero-order valence-corrected chi connectivity index (χ0v) is 7.63. The van der Waals surface area contributed by atoms with Gasteiger partial charge in [-0.2, -0.15) is 12.6 Å². The Morgan fingerprint density at radius 3 is 2.90 bits per heavy atom. The molecule has 0 saturated carbocycles. The van der Waals surface area contributed by atoms with E-state index in [1.807, 2.05) is 11.3 Å². The Kier molecular flexibility index (Phi) is 3.91. The summed E-state index contributed by atoms with van der Waals surface area (Å²) in [5.41, 5.74) is 0. The van der Waals surface area contributed by atoms with Crippen LogP contribution in [-0.4, -0.2) is 5.75 Å². The topological polar surface area (TPSA) is 0 Å². The fraction of sp³-hybridized carbons (Fsp3) is 0.500. The van der Waals surface area contributed by atoms with E-state index in [0.717, 1.165) is 5.75 Å². The van der Waals surface area contributed by atoms with Gasteiger partial charge in [-0.15, -0.1) is 11.3 Å². The zero-order valence-electron chi connectivity index (χ0n) is 5.92. The molecule has 0 aliphatic carbocycles. The highest BCUT2D eigenvalue weighted by Crippen LogP contribution is 2.11. The molecule has 0 atom stereocenters. The average molecular weight is 172 g/mol. The van der Waals surface area contributed by atoms with Gasteiger partial charge >= 0.3 is 0 Å². The second-order valence-corrected chi connectivity index (χ2v) is 3.74. The van der Waals surface area contributed by atoms with Gasteiger partial charge in [-0.05, 0) is 36.5 Å². The van der Waals surface area contributed by atoms with Gasteiger partial charge in [-0.3, -0.25) is 0 Å². The van der Waals surface area contributed by atoms with Gasteiger partial charge in [0.15, 0.2) is 0 Å². The van der Waals surface area contributed by atoms with Crippen LogP contribution < -0.4 is 0 Å². The lowest BCUT2D eigenvalue weighted by atomic mass is 10.2. The van der Waals surface area contributed by atoms with Crippen LogP contribution in [0.5, 0.6) is 0 Å². The highest BCUT2D eigenvalue weighted by atomic mass is 32.1. The van der Waals surface area contributed by atoms with E-state index in [1.165, 1.54) is 24.1 Å². The van der Waals surface area contributed by atoms with Crippen molar-refractivity contribution in [3.63, 3.8) is 0 Å². The Hall–Kier alpha value is 0.0500. The predicted molar refractivity (Wildman–Crippen MR) is 51.1 cm³/mol. The van der Waals surface area contributed by atoms with Crippen LogP contribution in [0.15, 0.2) is 17.5 Å². The fourth-order valence-electron chi connectivity index (χ4n) is 0.866. The van der Waals surface area contributed by atoms with Crippen LogP contribution in [0.25, 0.3) is 0 Å². The molecule has 56 valence electrons. The molecule has 0 unspecified atom stereocenters. The third kappa shape index (κ3) is 2.76. The van der Waals surface area contributed by atoms with Gasteiger partial charge < -0.3 is 0 Å². The van der Waals surface area contributed by atoms with E-state index in [1.54, 1.807) is 0 Å². The summed E-state index contributed by atoms with van der Waals surface area (Å²) in [6, 6.07) is 4.31. The van der Waals surface area contributed by atoms with Gasteiger partial charge in [0, 0.05) is 4.88 Å². The smallest absolute Gasteiger partial charge is 0.00452 e. The minimum Gasteiger partial charge on any atom is -0.179 e. The molecule has 10 heavy (non-hydrogen) atoms. The monoisotopic (exact) mass is 172 g/mol. The molecule has 1 rings (SSSR count). The van der Waals surface area contributed by atoms with E-state index in [0.29, 0.717) is 0 Å². The molecular formula is C8H12S2. The lowest BCUT2D eigenvalue weighted by Gasteiger charge is -1.93. The van der Waals surface area contributed by atoms with Gasteiger partial charge in [0.25, 0.3) is 0 Å². The first-order valence-electron chi connectivity index (χ1n) is 3.56.